The molecule has 0 spiro atoms. The molecule has 3 N–H and O–H groups in total. The van der Waals surface area contributed by atoms with Crippen molar-refractivity contribution in [3.05, 3.63) is 58.4 Å². The van der Waals surface area contributed by atoms with Crippen LogP contribution in [0.1, 0.15) is 55.3 Å². The summed E-state index contributed by atoms with van der Waals surface area (Å²) in [5.41, 5.74) is 2.04. The number of para-hydroxylation sites is 1. The second-order valence-corrected chi connectivity index (χ2v) is 9.25. The first-order valence-corrected chi connectivity index (χ1v) is 11.5. The molecule has 0 radical (unpaired) electrons. The maximum Gasteiger partial charge on any atom is 0.262 e. The first-order chi connectivity index (χ1) is 14.4. The van der Waals surface area contributed by atoms with Crippen LogP contribution < -0.4 is 10.6 Å². The number of H-pyrrole nitrogens is 1. The largest absolute Gasteiger partial charge is 0.361 e. The van der Waals surface area contributed by atoms with E-state index in [9.17, 15) is 9.59 Å². The lowest BCUT2D eigenvalue weighted by Crippen LogP contribution is -2.50. The summed E-state index contributed by atoms with van der Waals surface area (Å²) in [5, 5.41) is 8.99. The Morgan fingerprint density at radius 1 is 1.03 bits per heavy atom. The number of hydrogen-bond donors (Lipinski definition) is 3. The molecule has 2 heterocycles. The van der Waals surface area contributed by atoms with Crippen LogP contribution in [0.3, 0.4) is 0 Å². The van der Waals surface area contributed by atoms with E-state index in [0.717, 1.165) is 35.7 Å². The zero-order valence-corrected chi connectivity index (χ0v) is 18.7. The van der Waals surface area contributed by atoms with Crippen molar-refractivity contribution < 1.29 is 9.59 Å². The molecule has 2 amide bonds. The summed E-state index contributed by atoms with van der Waals surface area (Å²) < 4.78 is 0. The fourth-order valence-electron chi connectivity index (χ4n) is 3.61. The second-order valence-electron chi connectivity index (χ2n) is 8.30. The number of thiophene rings is 1. The molecule has 0 aliphatic heterocycles. The third-order valence-corrected chi connectivity index (χ3v) is 6.14. The van der Waals surface area contributed by atoms with Crippen molar-refractivity contribution in [1.29, 1.82) is 0 Å². The van der Waals surface area contributed by atoms with Gasteiger partial charge in [-0.2, -0.15) is 0 Å². The van der Waals surface area contributed by atoms with Crippen molar-refractivity contribution in [3.8, 4) is 0 Å². The Morgan fingerprint density at radius 2 is 1.83 bits per heavy atom. The monoisotopic (exact) mass is 425 g/mol. The van der Waals surface area contributed by atoms with Gasteiger partial charge in [0, 0.05) is 29.6 Å². The van der Waals surface area contributed by atoms with Gasteiger partial charge in [-0.1, -0.05) is 51.0 Å². The molecule has 2 atom stereocenters. The van der Waals surface area contributed by atoms with Gasteiger partial charge in [-0.05, 0) is 42.3 Å². The summed E-state index contributed by atoms with van der Waals surface area (Å²) in [7, 11) is 0. The van der Waals surface area contributed by atoms with Gasteiger partial charge >= 0.3 is 0 Å². The van der Waals surface area contributed by atoms with E-state index in [1.807, 2.05) is 48.8 Å². The van der Waals surface area contributed by atoms with Crippen LogP contribution in [0.4, 0.5) is 0 Å². The number of aromatic nitrogens is 1. The Labute approximate surface area is 182 Å². The zero-order chi connectivity index (χ0) is 21.5. The first kappa shape index (κ1) is 22.1. The molecule has 5 nitrogen and oxygen atoms in total. The number of aromatic amines is 1. The molecule has 2 aromatic heterocycles. The van der Waals surface area contributed by atoms with E-state index in [1.165, 1.54) is 11.3 Å². The van der Waals surface area contributed by atoms with Crippen LogP contribution in [-0.4, -0.2) is 28.9 Å². The van der Waals surface area contributed by atoms with Crippen LogP contribution in [0.15, 0.2) is 48.0 Å². The van der Waals surface area contributed by atoms with Gasteiger partial charge in [0.05, 0.1) is 4.88 Å². The van der Waals surface area contributed by atoms with E-state index in [-0.39, 0.29) is 17.9 Å². The lowest BCUT2D eigenvalue weighted by molar-refractivity contribution is -0.123. The number of carbonyl (C=O) groups is 2. The van der Waals surface area contributed by atoms with Gasteiger partial charge in [0.15, 0.2) is 0 Å². The minimum atomic E-state index is -0.633. The van der Waals surface area contributed by atoms with Crippen molar-refractivity contribution in [2.75, 3.05) is 0 Å². The topological polar surface area (TPSA) is 74.0 Å². The van der Waals surface area contributed by atoms with Gasteiger partial charge in [0.1, 0.15) is 6.04 Å². The highest BCUT2D eigenvalue weighted by atomic mass is 32.1. The molecular weight excluding hydrogens is 394 g/mol. The molecule has 0 aliphatic carbocycles. The second kappa shape index (κ2) is 10.4. The van der Waals surface area contributed by atoms with Crippen LogP contribution in [0.25, 0.3) is 10.9 Å². The standard InChI is InChI=1S/C24H31N3O2S/c1-16(2)8-6-9-17(3)26-23(28)21(27-24(29)22-12-7-13-30-22)14-18-15-25-20-11-5-4-10-19(18)20/h4-5,7,10-13,15-17,21,25H,6,8-9,14H2,1-3H3,(H,26,28)(H,27,29). The molecule has 0 aliphatic rings. The van der Waals surface area contributed by atoms with Gasteiger partial charge in [0.2, 0.25) is 5.91 Å². The predicted octanol–water partition coefficient (Wildman–Crippen LogP) is 4.90. The molecule has 0 saturated heterocycles. The van der Waals surface area contributed by atoms with Gasteiger partial charge in [-0.15, -0.1) is 11.3 Å². The lowest BCUT2D eigenvalue weighted by atomic mass is 10.0. The zero-order valence-electron chi connectivity index (χ0n) is 17.9. The maximum atomic E-state index is 13.1. The fourth-order valence-corrected chi connectivity index (χ4v) is 4.24. The number of benzene rings is 1. The highest BCUT2D eigenvalue weighted by Gasteiger charge is 2.24. The Bertz CT molecular complexity index is 962. The Hall–Kier alpha value is -2.60. The van der Waals surface area contributed by atoms with Crippen LogP contribution in [0, 0.1) is 5.92 Å². The molecular formula is C24H31N3O2S. The molecule has 0 bridgehead atoms. The van der Waals surface area contributed by atoms with Gasteiger partial charge in [-0.25, -0.2) is 0 Å². The Kier molecular flexibility index (Phi) is 7.69. The average Bonchev–Trinajstić information content (AvgIpc) is 3.37. The van der Waals surface area contributed by atoms with Crippen LogP contribution in [0.5, 0.6) is 0 Å². The number of fused-ring (bicyclic) bond motifs is 1. The van der Waals surface area contributed by atoms with Crippen LogP contribution in [0.2, 0.25) is 0 Å². The smallest absolute Gasteiger partial charge is 0.262 e. The first-order valence-electron chi connectivity index (χ1n) is 10.6. The maximum absolute atomic E-state index is 13.1. The minimum Gasteiger partial charge on any atom is -0.361 e. The summed E-state index contributed by atoms with van der Waals surface area (Å²) in [6.07, 6.45) is 5.52. The third kappa shape index (κ3) is 5.95. The summed E-state index contributed by atoms with van der Waals surface area (Å²) in [6.45, 7) is 6.45. The normalized spacial score (nSPS) is 13.3. The van der Waals surface area contributed by atoms with E-state index in [0.29, 0.717) is 17.2 Å². The number of rotatable bonds is 10. The van der Waals surface area contributed by atoms with E-state index in [2.05, 4.69) is 29.5 Å². The van der Waals surface area contributed by atoms with E-state index >= 15 is 0 Å². The summed E-state index contributed by atoms with van der Waals surface area (Å²) in [6, 6.07) is 11.0. The number of hydrogen-bond acceptors (Lipinski definition) is 3. The average molecular weight is 426 g/mol. The van der Waals surface area contributed by atoms with Crippen molar-refractivity contribution in [2.45, 2.75) is 58.5 Å². The number of carbonyl (C=O) groups excluding carboxylic acids is 2. The number of nitrogens with one attached hydrogen (secondary N) is 3. The van der Waals surface area contributed by atoms with Crippen LogP contribution in [-0.2, 0) is 11.2 Å². The molecule has 6 heteroatoms. The number of amides is 2. The quantitative estimate of drug-likeness (QED) is 0.432. The van der Waals surface area contributed by atoms with Gasteiger partial charge < -0.3 is 15.6 Å². The summed E-state index contributed by atoms with van der Waals surface area (Å²) >= 11 is 1.37. The summed E-state index contributed by atoms with van der Waals surface area (Å²) in [4.78, 5) is 29.6. The Balaban J connectivity index is 1.71. The molecule has 0 saturated carbocycles. The van der Waals surface area contributed by atoms with Crippen molar-refractivity contribution in [2.24, 2.45) is 5.92 Å². The van der Waals surface area contributed by atoms with Gasteiger partial charge in [0.25, 0.3) is 5.91 Å². The van der Waals surface area contributed by atoms with Crippen molar-refractivity contribution >= 4 is 34.1 Å². The van der Waals surface area contributed by atoms with Crippen LogP contribution >= 0.6 is 11.3 Å². The molecule has 1 aromatic carbocycles. The molecule has 2 unspecified atom stereocenters. The minimum absolute atomic E-state index is 0.0698. The fraction of sp³-hybridized carbons (Fsp3) is 0.417. The van der Waals surface area contributed by atoms with Gasteiger partial charge in [-0.3, -0.25) is 9.59 Å². The highest BCUT2D eigenvalue weighted by Crippen LogP contribution is 2.20. The van der Waals surface area contributed by atoms with E-state index < -0.39 is 6.04 Å². The predicted molar refractivity (Wildman–Crippen MR) is 124 cm³/mol. The molecule has 0 fully saturated rings. The third-order valence-electron chi connectivity index (χ3n) is 5.27. The van der Waals surface area contributed by atoms with E-state index in [4.69, 9.17) is 0 Å². The summed E-state index contributed by atoms with van der Waals surface area (Å²) in [5.74, 6) is 0.312. The van der Waals surface area contributed by atoms with Crippen molar-refractivity contribution in [3.63, 3.8) is 0 Å². The highest BCUT2D eigenvalue weighted by molar-refractivity contribution is 7.12. The lowest BCUT2D eigenvalue weighted by Gasteiger charge is -2.21. The SMILES string of the molecule is CC(C)CCCC(C)NC(=O)C(Cc1c[nH]c2ccccc12)NC(=O)c1cccs1. The molecule has 30 heavy (non-hydrogen) atoms. The van der Waals surface area contributed by atoms with E-state index in [1.54, 1.807) is 6.07 Å². The van der Waals surface area contributed by atoms with Crippen molar-refractivity contribution in [1.82, 2.24) is 15.6 Å². The molecule has 3 rings (SSSR count). The molecule has 3 aromatic rings. The Morgan fingerprint density at radius 3 is 2.57 bits per heavy atom. The molecule has 160 valence electrons.